The van der Waals surface area contributed by atoms with Gasteiger partial charge in [-0.15, -0.1) is 0 Å². The number of alkyl halides is 3. The molecule has 1 fully saturated rings. The van der Waals surface area contributed by atoms with Crippen molar-refractivity contribution in [1.82, 2.24) is 4.90 Å². The molecule has 0 saturated carbocycles. The Labute approximate surface area is 104 Å². The normalized spacial score (nSPS) is 25.6. The van der Waals surface area contributed by atoms with Crippen molar-refractivity contribution in [2.45, 2.75) is 31.7 Å². The molecule has 1 saturated heterocycles. The van der Waals surface area contributed by atoms with Crippen molar-refractivity contribution >= 4 is 0 Å². The largest absolute Gasteiger partial charge is 0.416 e. The van der Waals surface area contributed by atoms with Gasteiger partial charge in [0.05, 0.1) is 11.2 Å². The zero-order valence-electron chi connectivity index (χ0n) is 10.2. The number of hydrogen-bond acceptors (Lipinski definition) is 2. The first-order chi connectivity index (χ1) is 8.28. The molecule has 1 heterocycles. The lowest BCUT2D eigenvalue weighted by Gasteiger charge is -2.20. The molecule has 2 nitrogen and oxygen atoms in total. The van der Waals surface area contributed by atoms with Crippen LogP contribution in [0.1, 0.15) is 24.5 Å². The van der Waals surface area contributed by atoms with E-state index < -0.39 is 17.3 Å². The van der Waals surface area contributed by atoms with Gasteiger partial charge in [0, 0.05) is 19.6 Å². The van der Waals surface area contributed by atoms with Crippen molar-refractivity contribution in [3.63, 3.8) is 0 Å². The van der Waals surface area contributed by atoms with Gasteiger partial charge in [0.1, 0.15) is 0 Å². The Balaban J connectivity index is 2.15. The fourth-order valence-corrected chi connectivity index (χ4v) is 2.35. The van der Waals surface area contributed by atoms with Crippen LogP contribution in [0.25, 0.3) is 0 Å². The minimum absolute atomic E-state index is 0.228. The van der Waals surface area contributed by atoms with Crippen molar-refractivity contribution in [2.75, 3.05) is 13.1 Å². The van der Waals surface area contributed by atoms with Gasteiger partial charge in [-0.05, 0) is 25.0 Å². The Kier molecular flexibility index (Phi) is 3.38. The van der Waals surface area contributed by atoms with Gasteiger partial charge in [-0.3, -0.25) is 4.90 Å². The Hall–Kier alpha value is -1.07. The highest BCUT2D eigenvalue weighted by Gasteiger charge is 2.35. The second-order valence-corrected chi connectivity index (χ2v) is 5.11. The third kappa shape index (κ3) is 3.03. The van der Waals surface area contributed by atoms with Crippen LogP contribution in [0.5, 0.6) is 0 Å². The number of β-amino-alcohol motifs (C(OH)–C–C–N with tert-alkyl or cyclic N) is 1. The molecular formula is C13H16F3NO. The monoisotopic (exact) mass is 259 g/mol. The summed E-state index contributed by atoms with van der Waals surface area (Å²) in [5.74, 6) is 0. The molecule has 100 valence electrons. The van der Waals surface area contributed by atoms with Crippen LogP contribution in [0.15, 0.2) is 24.3 Å². The third-order valence-corrected chi connectivity index (χ3v) is 3.25. The zero-order valence-corrected chi connectivity index (χ0v) is 10.2. The van der Waals surface area contributed by atoms with E-state index in [9.17, 15) is 18.3 Å². The summed E-state index contributed by atoms with van der Waals surface area (Å²) in [7, 11) is 0. The average molecular weight is 259 g/mol. The molecule has 5 heteroatoms. The number of nitrogens with zero attached hydrogens (tertiary/aromatic N) is 1. The van der Waals surface area contributed by atoms with E-state index >= 15 is 0 Å². The lowest BCUT2D eigenvalue weighted by molar-refractivity contribution is -0.138. The maximum absolute atomic E-state index is 12.8. The maximum Gasteiger partial charge on any atom is 0.416 e. The highest BCUT2D eigenvalue weighted by atomic mass is 19.4. The van der Waals surface area contributed by atoms with E-state index in [4.69, 9.17) is 0 Å². The number of halogens is 3. The lowest BCUT2D eigenvalue weighted by atomic mass is 10.1. The van der Waals surface area contributed by atoms with Gasteiger partial charge in [0.2, 0.25) is 0 Å². The van der Waals surface area contributed by atoms with Crippen LogP contribution in [-0.4, -0.2) is 28.7 Å². The molecule has 1 aliphatic heterocycles. The van der Waals surface area contributed by atoms with Gasteiger partial charge in [-0.2, -0.15) is 13.2 Å². The molecule has 0 aliphatic carbocycles. The average Bonchev–Trinajstić information content (AvgIpc) is 2.57. The van der Waals surface area contributed by atoms with Gasteiger partial charge in [-0.25, -0.2) is 0 Å². The predicted molar refractivity (Wildman–Crippen MR) is 62.0 cm³/mol. The first kappa shape index (κ1) is 13.4. The number of hydrogen-bond donors (Lipinski definition) is 1. The van der Waals surface area contributed by atoms with E-state index in [0.29, 0.717) is 19.5 Å². The molecule has 1 N–H and O–H groups in total. The summed E-state index contributed by atoms with van der Waals surface area (Å²) in [4.78, 5) is 1.85. The van der Waals surface area contributed by atoms with Crippen molar-refractivity contribution < 1.29 is 18.3 Å². The number of rotatable bonds is 2. The van der Waals surface area contributed by atoms with E-state index in [1.54, 1.807) is 13.0 Å². The van der Waals surface area contributed by atoms with Gasteiger partial charge >= 0.3 is 6.18 Å². The summed E-state index contributed by atoms with van der Waals surface area (Å²) >= 11 is 0. The molecule has 0 aromatic heterocycles. The second kappa shape index (κ2) is 4.55. The number of aliphatic hydroxyl groups is 1. The van der Waals surface area contributed by atoms with E-state index in [-0.39, 0.29) is 12.1 Å². The van der Waals surface area contributed by atoms with E-state index in [2.05, 4.69) is 0 Å². The Morgan fingerprint density at radius 1 is 1.33 bits per heavy atom. The molecule has 0 radical (unpaired) electrons. The minimum atomic E-state index is -4.32. The smallest absolute Gasteiger partial charge is 0.389 e. The molecule has 18 heavy (non-hydrogen) atoms. The summed E-state index contributed by atoms with van der Waals surface area (Å²) in [6.07, 6.45) is -3.72. The van der Waals surface area contributed by atoms with Crippen molar-refractivity contribution in [3.05, 3.63) is 35.4 Å². The van der Waals surface area contributed by atoms with Crippen LogP contribution >= 0.6 is 0 Å². The van der Waals surface area contributed by atoms with E-state index in [1.165, 1.54) is 12.1 Å². The molecule has 1 atom stereocenters. The molecule has 2 rings (SSSR count). The maximum atomic E-state index is 12.8. The summed E-state index contributed by atoms with van der Waals surface area (Å²) in [6, 6.07) is 5.60. The van der Waals surface area contributed by atoms with E-state index in [0.717, 1.165) is 6.07 Å². The Morgan fingerprint density at radius 2 is 2.00 bits per heavy atom. The first-order valence-electron chi connectivity index (χ1n) is 5.88. The van der Waals surface area contributed by atoms with Crippen LogP contribution in [0.3, 0.4) is 0 Å². The van der Waals surface area contributed by atoms with Crippen LogP contribution in [-0.2, 0) is 12.7 Å². The molecule has 0 spiro atoms. The standard InChI is InChI=1S/C13H16F3NO/c1-12(18)6-7-17(9-12)8-10-4-2-3-5-11(10)13(14,15)16/h2-5,18H,6-9H2,1H3. The predicted octanol–water partition coefficient (Wildman–Crippen LogP) is 2.66. The molecule has 1 unspecified atom stereocenters. The second-order valence-electron chi connectivity index (χ2n) is 5.11. The molecular weight excluding hydrogens is 243 g/mol. The summed E-state index contributed by atoms with van der Waals surface area (Å²) in [6.45, 7) is 2.98. The van der Waals surface area contributed by atoms with Gasteiger partial charge in [0.15, 0.2) is 0 Å². The third-order valence-electron chi connectivity index (χ3n) is 3.25. The highest BCUT2D eigenvalue weighted by Crippen LogP contribution is 2.33. The van der Waals surface area contributed by atoms with Crippen LogP contribution in [0.4, 0.5) is 13.2 Å². The van der Waals surface area contributed by atoms with Gasteiger partial charge in [0.25, 0.3) is 0 Å². The van der Waals surface area contributed by atoms with Gasteiger partial charge in [-0.1, -0.05) is 18.2 Å². The topological polar surface area (TPSA) is 23.5 Å². The molecule has 1 aromatic carbocycles. The molecule has 1 aliphatic rings. The van der Waals surface area contributed by atoms with E-state index in [1.807, 2.05) is 4.90 Å². The fourth-order valence-electron chi connectivity index (χ4n) is 2.35. The van der Waals surface area contributed by atoms with Gasteiger partial charge < -0.3 is 5.11 Å². The highest BCUT2D eigenvalue weighted by molar-refractivity contribution is 5.29. The van der Waals surface area contributed by atoms with Crippen LogP contribution < -0.4 is 0 Å². The first-order valence-corrected chi connectivity index (χ1v) is 5.88. The van der Waals surface area contributed by atoms with Crippen molar-refractivity contribution in [1.29, 1.82) is 0 Å². The molecule has 0 amide bonds. The number of benzene rings is 1. The quantitative estimate of drug-likeness (QED) is 0.882. The fraction of sp³-hybridized carbons (Fsp3) is 0.538. The molecule has 1 aromatic rings. The van der Waals surface area contributed by atoms with Crippen LogP contribution in [0, 0.1) is 0 Å². The SMILES string of the molecule is CC1(O)CCN(Cc2ccccc2C(F)(F)F)C1. The van der Waals surface area contributed by atoms with Crippen LogP contribution in [0.2, 0.25) is 0 Å². The summed E-state index contributed by atoms with van der Waals surface area (Å²) in [5.41, 5.74) is -1.10. The molecule has 0 bridgehead atoms. The summed E-state index contributed by atoms with van der Waals surface area (Å²) < 4.78 is 38.4. The Morgan fingerprint density at radius 3 is 2.56 bits per heavy atom. The van der Waals surface area contributed by atoms with Crippen molar-refractivity contribution in [3.8, 4) is 0 Å². The number of likely N-dealkylation sites (tertiary alicyclic amines) is 1. The summed E-state index contributed by atoms with van der Waals surface area (Å²) in [5, 5.41) is 9.81. The zero-order chi connectivity index (χ0) is 13.4. The minimum Gasteiger partial charge on any atom is -0.389 e. The van der Waals surface area contributed by atoms with Crippen molar-refractivity contribution in [2.24, 2.45) is 0 Å². The Bertz CT molecular complexity index is 428. The lowest BCUT2D eigenvalue weighted by Crippen LogP contribution is -2.29.